The van der Waals surface area contributed by atoms with Crippen molar-refractivity contribution in [3.63, 3.8) is 0 Å². The molecule has 7 rings (SSSR count). The van der Waals surface area contributed by atoms with E-state index in [1.165, 1.54) is 11.4 Å². The monoisotopic (exact) mass is 668 g/mol. The highest BCUT2D eigenvalue weighted by molar-refractivity contribution is 6.31. The number of ether oxygens (including phenoxy) is 1. The van der Waals surface area contributed by atoms with Gasteiger partial charge in [-0.25, -0.2) is 9.59 Å². The van der Waals surface area contributed by atoms with Crippen molar-refractivity contribution in [3.05, 3.63) is 137 Å². The number of fused-ring (bicyclic) bond motifs is 2. The molecule has 0 saturated carbocycles. The summed E-state index contributed by atoms with van der Waals surface area (Å²) in [5.74, 6) is 0.493. The first-order valence-corrected chi connectivity index (χ1v) is 15.7. The Morgan fingerprint density at radius 1 is 0.596 bits per heavy atom. The van der Waals surface area contributed by atoms with Crippen LogP contribution in [0.4, 0.5) is 43.7 Å². The van der Waals surface area contributed by atoms with Crippen LogP contribution in [0, 0.1) is 0 Å². The Morgan fingerprint density at radius 3 is 1.74 bits per heavy atom. The molecule has 2 heterocycles. The summed E-state index contributed by atoms with van der Waals surface area (Å²) in [7, 11) is 0. The van der Waals surface area contributed by atoms with Crippen LogP contribution >= 0.6 is 23.2 Å². The molecule has 240 valence electrons. The lowest BCUT2D eigenvalue weighted by atomic mass is 10.2. The summed E-state index contributed by atoms with van der Waals surface area (Å²) >= 11 is 11.7. The molecule has 0 aromatic heterocycles. The normalized spacial score (nSPS) is 12.3. The van der Waals surface area contributed by atoms with Crippen molar-refractivity contribution in [2.45, 2.75) is 0 Å². The Hall–Kier alpha value is -5.38. The molecule has 0 aliphatic carbocycles. The van der Waals surface area contributed by atoms with Crippen LogP contribution in [0.15, 0.2) is 127 Å². The van der Waals surface area contributed by atoms with E-state index in [9.17, 15) is 9.59 Å². The molecule has 11 heteroatoms. The van der Waals surface area contributed by atoms with Crippen LogP contribution in [0.1, 0.15) is 0 Å². The van der Waals surface area contributed by atoms with Gasteiger partial charge in [0.15, 0.2) is 0 Å². The SMILES string of the molecule is O=C(Nc1cccc(Cl)c1)N1CCNc2ccccc21.O=C(Nc1cccc(Cl)c1)Oc1ccccc1.c1ccc2c(c1)NCCN2. The van der Waals surface area contributed by atoms with Crippen LogP contribution in [0.3, 0.4) is 0 Å². The topological polar surface area (TPSA) is 107 Å². The maximum absolute atomic E-state index is 12.4. The first-order valence-electron chi connectivity index (χ1n) is 15.0. The van der Waals surface area contributed by atoms with Gasteiger partial charge in [0.25, 0.3) is 0 Å². The highest BCUT2D eigenvalue weighted by Gasteiger charge is 2.22. The maximum Gasteiger partial charge on any atom is 0.417 e. The summed E-state index contributed by atoms with van der Waals surface area (Å²) in [5.41, 5.74) is 5.58. The standard InChI is InChI=1S/C15H14ClN3O.C13H10ClNO2.C8H10N2/c16-11-4-3-5-12(10-11)18-15(20)19-9-8-17-13-6-1-2-7-14(13)19;14-10-5-4-6-11(9-10)15-13(16)17-12-7-2-1-3-8-12;1-2-4-8-7(3-1)9-5-6-10-8/h1-7,10,17H,8-9H2,(H,18,20);1-9H,(H,15,16);1-4,9-10H,5-6H2. The van der Waals surface area contributed by atoms with Crippen molar-refractivity contribution < 1.29 is 14.3 Å². The summed E-state index contributed by atoms with van der Waals surface area (Å²) in [6.07, 6.45) is -0.543. The number of benzene rings is 5. The van der Waals surface area contributed by atoms with Crippen LogP contribution < -0.4 is 36.2 Å². The number of anilines is 6. The molecule has 5 aromatic rings. The predicted molar refractivity (Wildman–Crippen MR) is 194 cm³/mol. The molecular weight excluding hydrogens is 635 g/mol. The Kier molecular flexibility index (Phi) is 11.8. The van der Waals surface area contributed by atoms with E-state index < -0.39 is 6.09 Å². The molecule has 0 radical (unpaired) electrons. The van der Waals surface area contributed by atoms with Crippen LogP contribution in [-0.4, -0.2) is 38.3 Å². The van der Waals surface area contributed by atoms with E-state index in [4.69, 9.17) is 27.9 Å². The van der Waals surface area contributed by atoms with E-state index in [0.717, 1.165) is 31.0 Å². The lowest BCUT2D eigenvalue weighted by molar-refractivity contribution is 0.215. The molecule has 9 nitrogen and oxygen atoms in total. The van der Waals surface area contributed by atoms with Crippen LogP contribution in [-0.2, 0) is 0 Å². The van der Waals surface area contributed by atoms with Gasteiger partial charge < -0.3 is 26.0 Å². The Bertz CT molecular complexity index is 1770. The second kappa shape index (κ2) is 16.8. The minimum atomic E-state index is -0.543. The largest absolute Gasteiger partial charge is 0.417 e. The second-order valence-electron chi connectivity index (χ2n) is 10.3. The van der Waals surface area contributed by atoms with Crippen molar-refractivity contribution in [3.8, 4) is 5.75 Å². The third-order valence-electron chi connectivity index (χ3n) is 6.87. The first kappa shape index (κ1) is 33.0. The summed E-state index contributed by atoms with van der Waals surface area (Å²) in [5, 5.41) is 16.5. The van der Waals surface area contributed by atoms with E-state index >= 15 is 0 Å². The summed E-state index contributed by atoms with van der Waals surface area (Å²) in [6, 6.07) is 38.7. The van der Waals surface area contributed by atoms with Gasteiger partial charge in [-0.2, -0.15) is 0 Å². The van der Waals surface area contributed by atoms with Gasteiger partial charge in [0.2, 0.25) is 0 Å². The van der Waals surface area contributed by atoms with Crippen molar-refractivity contribution in [2.75, 3.05) is 57.7 Å². The average molecular weight is 670 g/mol. The average Bonchev–Trinajstić information content (AvgIpc) is 3.09. The zero-order valence-corrected chi connectivity index (χ0v) is 26.9. The van der Waals surface area contributed by atoms with Gasteiger partial charge in [0, 0.05) is 47.6 Å². The first-order chi connectivity index (χ1) is 22.9. The molecule has 0 unspecified atom stereocenters. The molecule has 2 aliphatic rings. The van der Waals surface area contributed by atoms with Gasteiger partial charge in [0.1, 0.15) is 5.75 Å². The number of halogens is 2. The number of hydrogen-bond donors (Lipinski definition) is 5. The maximum atomic E-state index is 12.4. The number of carbonyl (C=O) groups is 2. The molecule has 0 spiro atoms. The molecule has 0 atom stereocenters. The van der Waals surface area contributed by atoms with E-state index in [0.29, 0.717) is 33.7 Å². The predicted octanol–water partition coefficient (Wildman–Crippen LogP) is 9.28. The Labute approximate surface area is 283 Å². The quantitative estimate of drug-likeness (QED) is 0.131. The molecule has 5 aromatic carbocycles. The molecule has 0 saturated heterocycles. The van der Waals surface area contributed by atoms with E-state index in [1.54, 1.807) is 65.6 Å². The molecule has 0 bridgehead atoms. The minimum absolute atomic E-state index is 0.152. The lowest BCUT2D eigenvalue weighted by Crippen LogP contribution is -2.41. The molecule has 2 aliphatic heterocycles. The summed E-state index contributed by atoms with van der Waals surface area (Å²) in [4.78, 5) is 25.6. The van der Waals surface area contributed by atoms with Crippen molar-refractivity contribution in [1.29, 1.82) is 0 Å². The van der Waals surface area contributed by atoms with Crippen molar-refractivity contribution in [1.82, 2.24) is 0 Å². The fourth-order valence-corrected chi connectivity index (χ4v) is 5.12. The third kappa shape index (κ3) is 10.1. The number of rotatable bonds is 3. The molecule has 47 heavy (non-hydrogen) atoms. The third-order valence-corrected chi connectivity index (χ3v) is 7.34. The number of carbonyl (C=O) groups excluding carboxylic acids is 2. The van der Waals surface area contributed by atoms with Crippen LogP contribution in [0.5, 0.6) is 5.75 Å². The lowest BCUT2D eigenvalue weighted by Gasteiger charge is -2.30. The minimum Gasteiger partial charge on any atom is -0.410 e. The summed E-state index contributed by atoms with van der Waals surface area (Å²) in [6.45, 7) is 3.41. The number of nitrogens with one attached hydrogen (secondary N) is 5. The van der Waals surface area contributed by atoms with Gasteiger partial charge >= 0.3 is 12.1 Å². The van der Waals surface area contributed by atoms with Crippen molar-refractivity contribution in [2.24, 2.45) is 0 Å². The Morgan fingerprint density at radius 2 is 1.13 bits per heavy atom. The second-order valence-corrected chi connectivity index (χ2v) is 11.1. The van der Waals surface area contributed by atoms with Crippen LogP contribution in [0.25, 0.3) is 0 Å². The van der Waals surface area contributed by atoms with E-state index in [1.807, 2.05) is 54.6 Å². The number of amides is 3. The van der Waals surface area contributed by atoms with Crippen LogP contribution in [0.2, 0.25) is 10.0 Å². The fourth-order valence-electron chi connectivity index (χ4n) is 4.74. The van der Waals surface area contributed by atoms with Gasteiger partial charge in [-0.05, 0) is 72.8 Å². The summed E-state index contributed by atoms with van der Waals surface area (Å²) < 4.78 is 5.07. The number of hydrogen-bond acceptors (Lipinski definition) is 6. The highest BCUT2D eigenvalue weighted by Crippen LogP contribution is 2.29. The van der Waals surface area contributed by atoms with Gasteiger partial charge in [-0.3, -0.25) is 10.2 Å². The van der Waals surface area contributed by atoms with Gasteiger partial charge in [0.05, 0.1) is 22.7 Å². The van der Waals surface area contributed by atoms with E-state index in [2.05, 4.69) is 38.7 Å². The van der Waals surface area contributed by atoms with Gasteiger partial charge in [-0.1, -0.05) is 77.8 Å². The van der Waals surface area contributed by atoms with Gasteiger partial charge in [-0.15, -0.1) is 0 Å². The zero-order chi connectivity index (χ0) is 32.8. The highest BCUT2D eigenvalue weighted by atomic mass is 35.5. The zero-order valence-electron chi connectivity index (χ0n) is 25.4. The fraction of sp³-hybridized carbons (Fsp3) is 0.111. The number of para-hydroxylation sites is 5. The van der Waals surface area contributed by atoms with Crippen molar-refractivity contribution >= 4 is 69.5 Å². The molecule has 5 N–H and O–H groups in total. The smallest absolute Gasteiger partial charge is 0.410 e. The Balaban J connectivity index is 0.000000146. The molecule has 0 fully saturated rings. The molecule has 3 amide bonds. The number of nitrogens with zero attached hydrogens (tertiary/aromatic N) is 1. The van der Waals surface area contributed by atoms with E-state index in [-0.39, 0.29) is 6.03 Å². The molecular formula is C36H34Cl2N6O3. The number of urea groups is 1.